The van der Waals surface area contributed by atoms with Crippen LogP contribution in [0.3, 0.4) is 0 Å². The van der Waals surface area contributed by atoms with Crippen LogP contribution in [0.4, 0.5) is 0 Å². The van der Waals surface area contributed by atoms with E-state index in [1.807, 2.05) is 24.3 Å². The van der Waals surface area contributed by atoms with E-state index >= 15 is 0 Å². The standard InChI is InChI=1S/C15H22ClNO2S/c1-4-19-14(18)15(3,17)9-11(2)20-10-12-7-5-6-8-13(12)16/h5-8,11H,4,9-10,17H2,1-3H3. The summed E-state index contributed by atoms with van der Waals surface area (Å²) in [6, 6.07) is 7.78. The van der Waals surface area contributed by atoms with Gasteiger partial charge in [0.15, 0.2) is 0 Å². The maximum Gasteiger partial charge on any atom is 0.325 e. The van der Waals surface area contributed by atoms with Crippen LogP contribution in [0, 0.1) is 0 Å². The molecule has 20 heavy (non-hydrogen) atoms. The van der Waals surface area contributed by atoms with Crippen molar-refractivity contribution in [3.8, 4) is 0 Å². The minimum absolute atomic E-state index is 0.241. The van der Waals surface area contributed by atoms with Crippen molar-refractivity contribution < 1.29 is 9.53 Å². The SMILES string of the molecule is CCOC(=O)C(C)(N)CC(C)SCc1ccccc1Cl. The summed E-state index contributed by atoms with van der Waals surface area (Å²) in [6.07, 6.45) is 0.570. The third-order valence-corrected chi connectivity index (χ3v) is 4.52. The number of rotatable bonds is 7. The highest BCUT2D eigenvalue weighted by Gasteiger charge is 2.31. The summed E-state index contributed by atoms with van der Waals surface area (Å²) in [6.45, 7) is 5.92. The van der Waals surface area contributed by atoms with E-state index < -0.39 is 5.54 Å². The molecular weight excluding hydrogens is 294 g/mol. The van der Waals surface area contributed by atoms with Gasteiger partial charge in [0.05, 0.1) is 6.61 Å². The summed E-state index contributed by atoms with van der Waals surface area (Å²) < 4.78 is 5.00. The molecule has 112 valence electrons. The van der Waals surface area contributed by atoms with Gasteiger partial charge in [0.25, 0.3) is 0 Å². The number of carbonyl (C=O) groups excluding carboxylic acids is 1. The molecule has 0 radical (unpaired) electrons. The fourth-order valence-electron chi connectivity index (χ4n) is 1.88. The zero-order chi connectivity index (χ0) is 15.2. The van der Waals surface area contributed by atoms with E-state index in [9.17, 15) is 4.79 Å². The zero-order valence-corrected chi connectivity index (χ0v) is 13.8. The average molecular weight is 316 g/mol. The second-order valence-corrected chi connectivity index (χ2v) is 6.89. The van der Waals surface area contributed by atoms with Gasteiger partial charge in [0.1, 0.15) is 5.54 Å². The maximum atomic E-state index is 11.8. The van der Waals surface area contributed by atoms with Crippen molar-refractivity contribution in [2.75, 3.05) is 6.61 Å². The Morgan fingerprint density at radius 1 is 1.50 bits per heavy atom. The van der Waals surface area contributed by atoms with E-state index in [1.54, 1.807) is 25.6 Å². The summed E-state index contributed by atoms with van der Waals surface area (Å²) >= 11 is 7.85. The number of ether oxygens (including phenoxy) is 1. The zero-order valence-electron chi connectivity index (χ0n) is 12.2. The molecule has 0 aliphatic rings. The van der Waals surface area contributed by atoms with Crippen LogP contribution in [0.5, 0.6) is 0 Å². The highest BCUT2D eigenvalue weighted by molar-refractivity contribution is 7.99. The van der Waals surface area contributed by atoms with Crippen LogP contribution in [-0.2, 0) is 15.3 Å². The molecule has 5 heteroatoms. The smallest absolute Gasteiger partial charge is 0.325 e. The number of carbonyl (C=O) groups is 1. The van der Waals surface area contributed by atoms with Crippen LogP contribution in [0.1, 0.15) is 32.8 Å². The van der Waals surface area contributed by atoms with Crippen molar-refractivity contribution in [2.24, 2.45) is 5.73 Å². The van der Waals surface area contributed by atoms with Crippen LogP contribution in [0.25, 0.3) is 0 Å². The van der Waals surface area contributed by atoms with Gasteiger partial charge in [-0.15, -0.1) is 0 Å². The molecule has 2 unspecified atom stereocenters. The summed E-state index contributed by atoms with van der Waals surface area (Å²) in [5, 5.41) is 1.01. The van der Waals surface area contributed by atoms with Gasteiger partial charge in [-0.3, -0.25) is 4.79 Å². The lowest BCUT2D eigenvalue weighted by Gasteiger charge is -2.25. The third-order valence-electron chi connectivity index (χ3n) is 2.93. The van der Waals surface area contributed by atoms with E-state index in [4.69, 9.17) is 22.1 Å². The van der Waals surface area contributed by atoms with Gasteiger partial charge < -0.3 is 10.5 Å². The van der Waals surface area contributed by atoms with Crippen LogP contribution < -0.4 is 5.73 Å². The largest absolute Gasteiger partial charge is 0.465 e. The van der Waals surface area contributed by atoms with Crippen molar-refractivity contribution in [1.82, 2.24) is 0 Å². The second-order valence-electron chi connectivity index (χ2n) is 5.06. The maximum absolute atomic E-state index is 11.8. The Bertz CT molecular complexity index is 451. The van der Waals surface area contributed by atoms with Crippen LogP contribution in [0.2, 0.25) is 5.02 Å². The quantitative estimate of drug-likeness (QED) is 0.781. The molecule has 0 aliphatic heterocycles. The van der Waals surface area contributed by atoms with Gasteiger partial charge in [0.2, 0.25) is 0 Å². The minimum Gasteiger partial charge on any atom is -0.465 e. The number of thioether (sulfide) groups is 1. The lowest BCUT2D eigenvalue weighted by molar-refractivity contribution is -0.149. The first-order valence-corrected chi connectivity index (χ1v) is 8.10. The molecule has 2 atom stereocenters. The predicted octanol–water partition coefficient (Wildman–Crippen LogP) is 3.63. The Hall–Kier alpha value is -0.710. The van der Waals surface area contributed by atoms with Gasteiger partial charge in [-0.2, -0.15) is 11.8 Å². The minimum atomic E-state index is -0.942. The van der Waals surface area contributed by atoms with Crippen molar-refractivity contribution in [3.63, 3.8) is 0 Å². The molecule has 2 N–H and O–H groups in total. The van der Waals surface area contributed by atoms with Gasteiger partial charge in [0, 0.05) is 16.0 Å². The molecule has 0 saturated heterocycles. The van der Waals surface area contributed by atoms with Crippen molar-refractivity contribution in [1.29, 1.82) is 0 Å². The van der Waals surface area contributed by atoms with E-state index in [2.05, 4.69) is 6.92 Å². The highest BCUT2D eigenvalue weighted by atomic mass is 35.5. The molecular formula is C15H22ClNO2S. The molecule has 0 saturated carbocycles. The number of halogens is 1. The summed E-state index contributed by atoms with van der Waals surface area (Å²) in [4.78, 5) is 11.8. The number of benzene rings is 1. The summed E-state index contributed by atoms with van der Waals surface area (Å²) in [5.74, 6) is 0.463. The molecule has 0 aromatic heterocycles. The molecule has 1 rings (SSSR count). The Kier molecular flexibility index (Phi) is 6.86. The van der Waals surface area contributed by atoms with Crippen LogP contribution in [0.15, 0.2) is 24.3 Å². The molecule has 1 aromatic rings. The predicted molar refractivity (Wildman–Crippen MR) is 86.1 cm³/mol. The highest BCUT2D eigenvalue weighted by Crippen LogP contribution is 2.27. The summed E-state index contributed by atoms with van der Waals surface area (Å²) in [7, 11) is 0. The van der Waals surface area contributed by atoms with Gasteiger partial charge >= 0.3 is 5.97 Å². The number of nitrogens with two attached hydrogens (primary N) is 1. The molecule has 3 nitrogen and oxygen atoms in total. The summed E-state index contributed by atoms with van der Waals surface area (Å²) in [5.41, 5.74) is 6.19. The van der Waals surface area contributed by atoms with Gasteiger partial charge in [-0.05, 0) is 31.9 Å². The van der Waals surface area contributed by atoms with Crippen molar-refractivity contribution >= 4 is 29.3 Å². The van der Waals surface area contributed by atoms with Crippen molar-refractivity contribution in [2.45, 2.75) is 43.7 Å². The van der Waals surface area contributed by atoms with E-state index in [0.717, 1.165) is 16.3 Å². The van der Waals surface area contributed by atoms with E-state index in [0.29, 0.717) is 13.0 Å². The number of hydrogen-bond donors (Lipinski definition) is 1. The first-order chi connectivity index (χ1) is 9.36. The number of hydrogen-bond acceptors (Lipinski definition) is 4. The Balaban J connectivity index is 2.49. The fourth-order valence-corrected chi connectivity index (χ4v) is 3.34. The molecule has 0 aliphatic carbocycles. The monoisotopic (exact) mass is 315 g/mol. The van der Waals surface area contributed by atoms with Gasteiger partial charge in [-0.25, -0.2) is 0 Å². The third kappa shape index (κ3) is 5.35. The lowest BCUT2D eigenvalue weighted by atomic mass is 9.98. The molecule has 0 fully saturated rings. The Morgan fingerprint density at radius 3 is 2.75 bits per heavy atom. The van der Waals surface area contributed by atoms with Gasteiger partial charge in [-0.1, -0.05) is 36.7 Å². The Morgan fingerprint density at radius 2 is 2.15 bits per heavy atom. The molecule has 0 heterocycles. The van der Waals surface area contributed by atoms with Crippen LogP contribution >= 0.6 is 23.4 Å². The topological polar surface area (TPSA) is 52.3 Å². The molecule has 1 aromatic carbocycles. The molecule has 0 amide bonds. The average Bonchev–Trinajstić information content (AvgIpc) is 2.37. The normalized spacial score (nSPS) is 15.4. The van der Waals surface area contributed by atoms with Crippen molar-refractivity contribution in [3.05, 3.63) is 34.9 Å². The Labute approximate surface area is 130 Å². The second kappa shape index (κ2) is 7.91. The van der Waals surface area contributed by atoms with Crippen LogP contribution in [-0.4, -0.2) is 23.4 Å². The fraction of sp³-hybridized carbons (Fsp3) is 0.533. The molecule has 0 bridgehead atoms. The lowest BCUT2D eigenvalue weighted by Crippen LogP contribution is -2.47. The van der Waals surface area contributed by atoms with E-state index in [1.165, 1.54) is 0 Å². The molecule has 0 spiro atoms. The number of esters is 1. The van der Waals surface area contributed by atoms with E-state index in [-0.39, 0.29) is 11.2 Å². The first-order valence-electron chi connectivity index (χ1n) is 6.68. The first kappa shape index (κ1) is 17.3.